The van der Waals surface area contributed by atoms with Crippen LogP contribution in [0.15, 0.2) is 60.7 Å². The summed E-state index contributed by atoms with van der Waals surface area (Å²) in [5, 5.41) is 2.91. The minimum atomic E-state index is -0.0171. The predicted octanol–water partition coefficient (Wildman–Crippen LogP) is 4.97. The topological polar surface area (TPSA) is 32.3 Å². The molecule has 1 amide bonds. The number of carbonyl (C=O) groups excluding carboxylic acids is 1. The Bertz CT molecular complexity index is 996. The van der Waals surface area contributed by atoms with E-state index in [1.54, 1.807) is 12.5 Å². The summed E-state index contributed by atoms with van der Waals surface area (Å²) in [6.07, 6.45) is 8.51. The van der Waals surface area contributed by atoms with Crippen LogP contribution in [-0.4, -0.2) is 29.4 Å². The first-order chi connectivity index (χ1) is 14.5. The summed E-state index contributed by atoms with van der Waals surface area (Å²) in [5.74, 6) is 1.32. The fraction of sp³-hybridized carbons (Fsp3) is 0.444. The first kappa shape index (κ1) is 19.6. The number of hydrogen-bond donors (Lipinski definition) is 1. The van der Waals surface area contributed by atoms with Crippen molar-refractivity contribution in [3.05, 3.63) is 77.4 Å². The van der Waals surface area contributed by atoms with Crippen LogP contribution in [0.5, 0.6) is 0 Å². The molecule has 1 saturated heterocycles. The van der Waals surface area contributed by atoms with Gasteiger partial charge in [-0.05, 0) is 66.8 Å². The molecule has 2 aromatic carbocycles. The molecule has 3 aliphatic rings. The number of benzene rings is 2. The van der Waals surface area contributed by atoms with Crippen molar-refractivity contribution < 1.29 is 4.79 Å². The van der Waals surface area contributed by atoms with Gasteiger partial charge in [-0.1, -0.05) is 55.5 Å². The van der Waals surface area contributed by atoms with Crippen molar-refractivity contribution in [3.8, 4) is 0 Å². The Balaban J connectivity index is 1.42. The number of nitrogens with zero attached hydrogens (tertiary/aromatic N) is 1. The SMILES string of the molecule is CC(=O)Nc1cccc(CCN2C(C)C3C=C[C@@]4(C)c5ccccc5CC2C4C3)c1. The lowest BCUT2D eigenvalue weighted by atomic mass is 9.54. The lowest BCUT2D eigenvalue weighted by molar-refractivity contribution is -0.114. The van der Waals surface area contributed by atoms with Gasteiger partial charge in [0.1, 0.15) is 0 Å². The summed E-state index contributed by atoms with van der Waals surface area (Å²) in [7, 11) is 0. The number of hydrogen-bond acceptors (Lipinski definition) is 2. The van der Waals surface area contributed by atoms with Crippen molar-refractivity contribution in [2.45, 2.75) is 57.5 Å². The van der Waals surface area contributed by atoms with Gasteiger partial charge in [-0.25, -0.2) is 0 Å². The van der Waals surface area contributed by atoms with Crippen LogP contribution in [0.25, 0.3) is 0 Å². The number of likely N-dealkylation sites (tertiary alicyclic amines) is 1. The highest BCUT2D eigenvalue weighted by Crippen LogP contribution is 2.53. The van der Waals surface area contributed by atoms with Crippen LogP contribution >= 0.6 is 0 Å². The average molecular weight is 401 g/mol. The first-order valence-electron chi connectivity index (χ1n) is 11.4. The zero-order chi connectivity index (χ0) is 20.9. The maximum atomic E-state index is 11.4. The van der Waals surface area contributed by atoms with Gasteiger partial charge in [0.25, 0.3) is 0 Å². The van der Waals surface area contributed by atoms with E-state index in [1.807, 2.05) is 12.1 Å². The Hall–Kier alpha value is -2.39. The molecule has 0 radical (unpaired) electrons. The third kappa shape index (κ3) is 3.20. The minimum Gasteiger partial charge on any atom is -0.326 e. The normalized spacial score (nSPS) is 31.8. The molecule has 1 fully saturated rings. The molecule has 1 heterocycles. The molecule has 2 bridgehead atoms. The van der Waals surface area contributed by atoms with Crippen LogP contribution in [0, 0.1) is 11.8 Å². The van der Waals surface area contributed by atoms with Crippen LogP contribution in [0.2, 0.25) is 0 Å². The van der Waals surface area contributed by atoms with E-state index in [9.17, 15) is 4.79 Å². The minimum absolute atomic E-state index is 0.0171. The van der Waals surface area contributed by atoms with Gasteiger partial charge in [-0.3, -0.25) is 9.69 Å². The number of rotatable bonds is 4. The Labute approximate surface area is 180 Å². The molecule has 0 spiro atoms. The van der Waals surface area contributed by atoms with Crippen molar-refractivity contribution >= 4 is 11.6 Å². The molecule has 5 atom stereocenters. The van der Waals surface area contributed by atoms with E-state index in [2.05, 4.69) is 72.6 Å². The Kier molecular flexibility index (Phi) is 4.82. The molecule has 2 aliphatic carbocycles. The summed E-state index contributed by atoms with van der Waals surface area (Å²) in [4.78, 5) is 14.2. The standard InChI is InChI=1S/C27H32N2O/c1-18-21-11-13-27(3)24-10-5-4-8-22(24)17-26(25(27)16-21)29(18)14-12-20-7-6-9-23(15-20)28-19(2)30/h4-11,13,15,18,21,25-26H,12,14,16-17H2,1-3H3,(H,28,30)/t18?,21?,25?,26?,27-/m0/s1. The highest BCUT2D eigenvalue weighted by molar-refractivity contribution is 5.88. The second-order valence-electron chi connectivity index (χ2n) is 9.69. The predicted molar refractivity (Wildman–Crippen MR) is 123 cm³/mol. The average Bonchev–Trinajstić information content (AvgIpc) is 2.73. The molecule has 3 nitrogen and oxygen atoms in total. The number of allylic oxidation sites excluding steroid dienone is 1. The van der Waals surface area contributed by atoms with Crippen molar-refractivity contribution in [2.75, 3.05) is 11.9 Å². The number of anilines is 1. The second-order valence-corrected chi connectivity index (χ2v) is 9.69. The lowest BCUT2D eigenvalue weighted by Gasteiger charge is -2.59. The summed E-state index contributed by atoms with van der Waals surface area (Å²) in [6.45, 7) is 7.50. The summed E-state index contributed by atoms with van der Waals surface area (Å²) in [5.41, 5.74) is 5.40. The van der Waals surface area contributed by atoms with Crippen LogP contribution in [0.1, 0.15) is 43.9 Å². The van der Waals surface area contributed by atoms with E-state index in [0.29, 0.717) is 23.9 Å². The highest BCUT2D eigenvalue weighted by Gasteiger charge is 2.52. The number of piperidine rings is 1. The van der Waals surface area contributed by atoms with Gasteiger partial charge in [0.2, 0.25) is 5.91 Å². The largest absolute Gasteiger partial charge is 0.326 e. The fourth-order valence-electron chi connectivity index (χ4n) is 6.39. The van der Waals surface area contributed by atoms with Crippen LogP contribution in [-0.2, 0) is 23.1 Å². The van der Waals surface area contributed by atoms with Gasteiger partial charge in [0, 0.05) is 36.7 Å². The molecule has 3 heteroatoms. The van der Waals surface area contributed by atoms with Crippen molar-refractivity contribution in [2.24, 2.45) is 11.8 Å². The Morgan fingerprint density at radius 2 is 2.03 bits per heavy atom. The monoisotopic (exact) mass is 400 g/mol. The molecule has 0 saturated carbocycles. The van der Waals surface area contributed by atoms with Gasteiger partial charge in [-0.2, -0.15) is 0 Å². The van der Waals surface area contributed by atoms with E-state index >= 15 is 0 Å². The number of carbonyl (C=O) groups is 1. The van der Waals surface area contributed by atoms with E-state index < -0.39 is 0 Å². The fourth-order valence-corrected chi connectivity index (χ4v) is 6.39. The van der Waals surface area contributed by atoms with Gasteiger partial charge < -0.3 is 5.32 Å². The summed E-state index contributed by atoms with van der Waals surface area (Å²) >= 11 is 0. The Morgan fingerprint density at radius 1 is 1.20 bits per heavy atom. The Morgan fingerprint density at radius 3 is 2.87 bits per heavy atom. The van der Waals surface area contributed by atoms with E-state index in [0.717, 1.165) is 25.1 Å². The number of nitrogens with one attached hydrogen (secondary N) is 1. The highest BCUT2D eigenvalue weighted by atomic mass is 16.1. The van der Waals surface area contributed by atoms with Crippen LogP contribution in [0.4, 0.5) is 5.69 Å². The maximum Gasteiger partial charge on any atom is 0.221 e. The summed E-state index contributed by atoms with van der Waals surface area (Å²) < 4.78 is 0. The summed E-state index contributed by atoms with van der Waals surface area (Å²) in [6, 6.07) is 18.6. The third-order valence-corrected chi connectivity index (χ3v) is 7.95. The van der Waals surface area contributed by atoms with Crippen molar-refractivity contribution in [1.29, 1.82) is 0 Å². The molecule has 1 N–H and O–H groups in total. The molecule has 4 unspecified atom stereocenters. The molecule has 0 aromatic heterocycles. The molecule has 30 heavy (non-hydrogen) atoms. The lowest BCUT2D eigenvalue weighted by Crippen LogP contribution is -2.62. The van der Waals surface area contributed by atoms with Gasteiger partial charge in [0.05, 0.1) is 0 Å². The van der Waals surface area contributed by atoms with Gasteiger partial charge in [-0.15, -0.1) is 0 Å². The molecular formula is C27H32N2O. The molecule has 156 valence electrons. The second kappa shape index (κ2) is 7.39. The molecule has 5 rings (SSSR count). The molecule has 2 aromatic rings. The van der Waals surface area contributed by atoms with Crippen molar-refractivity contribution in [1.82, 2.24) is 4.90 Å². The first-order valence-corrected chi connectivity index (χ1v) is 11.4. The molecular weight excluding hydrogens is 368 g/mol. The van der Waals surface area contributed by atoms with E-state index in [1.165, 1.54) is 17.5 Å². The maximum absolute atomic E-state index is 11.4. The number of amides is 1. The van der Waals surface area contributed by atoms with Gasteiger partial charge in [0.15, 0.2) is 0 Å². The van der Waals surface area contributed by atoms with Crippen LogP contribution in [0.3, 0.4) is 0 Å². The quantitative estimate of drug-likeness (QED) is 0.735. The van der Waals surface area contributed by atoms with Crippen LogP contribution < -0.4 is 5.32 Å². The van der Waals surface area contributed by atoms with Gasteiger partial charge >= 0.3 is 0 Å². The zero-order valence-electron chi connectivity index (χ0n) is 18.3. The zero-order valence-corrected chi connectivity index (χ0v) is 18.3. The molecule has 1 aliphatic heterocycles. The third-order valence-electron chi connectivity index (χ3n) is 7.95. The van der Waals surface area contributed by atoms with Crippen molar-refractivity contribution in [3.63, 3.8) is 0 Å². The smallest absolute Gasteiger partial charge is 0.221 e. The van der Waals surface area contributed by atoms with E-state index in [4.69, 9.17) is 0 Å². The van der Waals surface area contributed by atoms with E-state index in [-0.39, 0.29) is 11.3 Å². The number of fused-ring (bicyclic) bond motifs is 3.